The molecule has 4 amide bonds. The summed E-state index contributed by atoms with van der Waals surface area (Å²) in [5, 5.41) is 8.12. The van der Waals surface area contributed by atoms with Gasteiger partial charge in [0.2, 0.25) is 5.91 Å². The third kappa shape index (κ3) is 5.48. The summed E-state index contributed by atoms with van der Waals surface area (Å²) in [4.78, 5) is 39.3. The number of anilines is 2. The lowest BCUT2D eigenvalue weighted by molar-refractivity contribution is -0.133. The van der Waals surface area contributed by atoms with Gasteiger partial charge in [-0.25, -0.2) is 4.79 Å². The highest BCUT2D eigenvalue weighted by molar-refractivity contribution is 6.03. The summed E-state index contributed by atoms with van der Waals surface area (Å²) in [5.74, 6) is 0.641. The van der Waals surface area contributed by atoms with Crippen molar-refractivity contribution in [3.8, 4) is 11.5 Å². The van der Waals surface area contributed by atoms with Gasteiger partial charge in [0.1, 0.15) is 24.2 Å². The Hall–Kier alpha value is -3.79. The van der Waals surface area contributed by atoms with E-state index in [1.165, 1.54) is 7.11 Å². The topological polar surface area (TPSA) is 118 Å². The van der Waals surface area contributed by atoms with Crippen LogP contribution in [0.1, 0.15) is 29.6 Å². The highest BCUT2D eigenvalue weighted by Gasteiger charge is 2.39. The van der Waals surface area contributed by atoms with Crippen molar-refractivity contribution in [2.45, 2.75) is 37.5 Å². The van der Waals surface area contributed by atoms with Gasteiger partial charge in [0.15, 0.2) is 0 Å². The lowest BCUT2D eigenvalue weighted by Crippen LogP contribution is -2.53. The van der Waals surface area contributed by atoms with Gasteiger partial charge in [0.05, 0.1) is 36.9 Å². The third-order valence-electron chi connectivity index (χ3n) is 6.32. The number of methoxy groups -OCH3 is 1. The second kappa shape index (κ2) is 10.6. The maximum Gasteiger partial charge on any atom is 0.323 e. The van der Waals surface area contributed by atoms with Gasteiger partial charge in [-0.05, 0) is 43.2 Å². The number of nitrogens with zero attached hydrogens (tertiary/aromatic N) is 1. The third-order valence-corrected chi connectivity index (χ3v) is 6.32. The predicted octanol–water partition coefficient (Wildman–Crippen LogP) is 2.86. The van der Waals surface area contributed by atoms with Crippen LogP contribution in [0.3, 0.4) is 0 Å². The van der Waals surface area contributed by atoms with Crippen LogP contribution in [0, 0.1) is 0 Å². The lowest BCUT2D eigenvalue weighted by Gasteiger charge is -2.42. The monoisotopic (exact) mass is 482 g/mol. The van der Waals surface area contributed by atoms with E-state index in [-0.39, 0.29) is 43.1 Å². The minimum Gasteiger partial charge on any atom is -0.495 e. The highest BCUT2D eigenvalue weighted by Crippen LogP contribution is 2.32. The molecular weight excluding hydrogens is 452 g/mol. The summed E-state index contributed by atoms with van der Waals surface area (Å²) in [6.07, 6.45) is 1.09. The fourth-order valence-electron chi connectivity index (χ4n) is 4.45. The minimum absolute atomic E-state index is 0.0789. The van der Waals surface area contributed by atoms with Crippen LogP contribution >= 0.6 is 0 Å². The molecule has 4 rings (SSSR count). The van der Waals surface area contributed by atoms with Crippen LogP contribution in [0.15, 0.2) is 42.5 Å². The zero-order chi connectivity index (χ0) is 24.9. The van der Waals surface area contributed by atoms with E-state index in [0.717, 1.165) is 0 Å². The number of nitrogens with one attached hydrogen (secondary N) is 3. The Morgan fingerprint density at radius 2 is 1.94 bits per heavy atom. The molecule has 10 heteroatoms. The van der Waals surface area contributed by atoms with Crippen molar-refractivity contribution in [2.24, 2.45) is 0 Å². The number of hydrogen-bond donors (Lipinski definition) is 3. The standard InChI is InChI=1S/C25H30N4O6/c1-26-23(30)13-16-9-10-19-22(35-16)14-34-20-11-8-15(12-17(20)24(31)29(19)2)27-25(32)28-18-6-4-5-7-21(18)33-3/h4-8,11-12,16,19,22H,9-10,13-14H2,1-3H3,(H,26,30)(H2,27,28,32)/t16-,19+,22+/m1/s1. The maximum absolute atomic E-state index is 13.3. The van der Waals surface area contributed by atoms with Gasteiger partial charge in [-0.2, -0.15) is 0 Å². The zero-order valence-corrected chi connectivity index (χ0v) is 20.0. The molecule has 0 spiro atoms. The average molecular weight is 483 g/mol. The number of carbonyl (C=O) groups excluding carboxylic acids is 3. The molecule has 0 aromatic heterocycles. The zero-order valence-electron chi connectivity index (χ0n) is 20.0. The molecule has 0 bridgehead atoms. The van der Waals surface area contributed by atoms with E-state index >= 15 is 0 Å². The molecule has 3 N–H and O–H groups in total. The second-order valence-corrected chi connectivity index (χ2v) is 8.54. The van der Waals surface area contributed by atoms with Crippen molar-refractivity contribution < 1.29 is 28.6 Å². The van der Waals surface area contributed by atoms with E-state index in [1.807, 2.05) is 6.07 Å². The van der Waals surface area contributed by atoms with Crippen LogP contribution < -0.4 is 25.4 Å². The number of para-hydroxylation sites is 2. The molecule has 3 atom stereocenters. The predicted molar refractivity (Wildman–Crippen MR) is 130 cm³/mol. The number of ether oxygens (including phenoxy) is 3. The van der Waals surface area contributed by atoms with Gasteiger partial charge in [-0.15, -0.1) is 0 Å². The van der Waals surface area contributed by atoms with Crippen molar-refractivity contribution >= 4 is 29.2 Å². The number of carbonyl (C=O) groups is 3. The molecule has 35 heavy (non-hydrogen) atoms. The summed E-state index contributed by atoms with van der Waals surface area (Å²) in [7, 11) is 4.87. The second-order valence-electron chi connectivity index (χ2n) is 8.54. The van der Waals surface area contributed by atoms with Crippen molar-refractivity contribution in [2.75, 3.05) is 38.4 Å². The number of rotatable bonds is 5. The molecule has 1 fully saturated rings. The molecule has 0 radical (unpaired) electrons. The number of amides is 4. The Morgan fingerprint density at radius 1 is 1.14 bits per heavy atom. The molecule has 2 aliphatic heterocycles. The highest BCUT2D eigenvalue weighted by atomic mass is 16.5. The smallest absolute Gasteiger partial charge is 0.323 e. The fraction of sp³-hybridized carbons (Fsp3) is 0.400. The van der Waals surface area contributed by atoms with E-state index in [9.17, 15) is 14.4 Å². The number of urea groups is 1. The van der Waals surface area contributed by atoms with Crippen molar-refractivity contribution in [3.63, 3.8) is 0 Å². The fourth-order valence-corrected chi connectivity index (χ4v) is 4.45. The van der Waals surface area contributed by atoms with Gasteiger partial charge >= 0.3 is 6.03 Å². The van der Waals surface area contributed by atoms with E-state index in [0.29, 0.717) is 41.3 Å². The molecule has 0 unspecified atom stereocenters. The van der Waals surface area contributed by atoms with Gasteiger partial charge in [-0.3, -0.25) is 9.59 Å². The molecule has 186 valence electrons. The summed E-state index contributed by atoms with van der Waals surface area (Å²) < 4.78 is 17.4. The lowest BCUT2D eigenvalue weighted by atomic mass is 9.94. The van der Waals surface area contributed by atoms with Gasteiger partial charge in [-0.1, -0.05) is 12.1 Å². The molecule has 1 saturated heterocycles. The van der Waals surface area contributed by atoms with Crippen LogP contribution in [0.25, 0.3) is 0 Å². The number of benzene rings is 2. The summed E-state index contributed by atoms with van der Waals surface area (Å²) in [5.41, 5.74) is 1.33. The maximum atomic E-state index is 13.3. The van der Waals surface area contributed by atoms with Crippen LogP contribution in [0.2, 0.25) is 0 Å². The minimum atomic E-state index is -0.468. The Morgan fingerprint density at radius 3 is 2.71 bits per heavy atom. The molecule has 2 aromatic rings. The SMILES string of the molecule is CNC(=O)C[C@H]1CC[C@H]2[C@H](COc3ccc(NC(=O)Nc4ccccc4OC)cc3C(=O)N2C)O1. The van der Waals surface area contributed by atoms with Gasteiger partial charge in [0.25, 0.3) is 5.91 Å². The van der Waals surface area contributed by atoms with Crippen LogP contribution in [0.4, 0.5) is 16.2 Å². The Balaban J connectivity index is 1.47. The van der Waals surface area contributed by atoms with E-state index < -0.39 is 6.03 Å². The normalized spacial score (nSPS) is 21.4. The molecule has 2 aliphatic rings. The first-order chi connectivity index (χ1) is 16.9. The van der Waals surface area contributed by atoms with Crippen molar-refractivity contribution in [3.05, 3.63) is 48.0 Å². The molecule has 0 aliphatic carbocycles. The van der Waals surface area contributed by atoms with E-state index in [1.54, 1.807) is 55.4 Å². The first kappa shape index (κ1) is 24.3. The van der Waals surface area contributed by atoms with Crippen molar-refractivity contribution in [1.29, 1.82) is 0 Å². The summed E-state index contributed by atoms with van der Waals surface area (Å²) in [6, 6.07) is 11.4. The van der Waals surface area contributed by atoms with Gasteiger partial charge in [0, 0.05) is 19.8 Å². The molecular formula is C25H30N4O6. The molecule has 0 saturated carbocycles. The quantitative estimate of drug-likeness (QED) is 0.603. The van der Waals surface area contributed by atoms with Gasteiger partial charge < -0.3 is 35.1 Å². The molecule has 10 nitrogen and oxygen atoms in total. The van der Waals surface area contributed by atoms with E-state index in [2.05, 4.69) is 16.0 Å². The van der Waals surface area contributed by atoms with Crippen LogP contribution in [-0.2, 0) is 9.53 Å². The number of likely N-dealkylation sites (N-methyl/N-ethyl adjacent to an activating group) is 1. The number of fused-ring (bicyclic) bond motifs is 2. The summed E-state index contributed by atoms with van der Waals surface area (Å²) in [6.45, 7) is 0.251. The first-order valence-corrected chi connectivity index (χ1v) is 11.5. The first-order valence-electron chi connectivity index (χ1n) is 11.5. The molecule has 2 heterocycles. The Kier molecular flexibility index (Phi) is 7.40. The van der Waals surface area contributed by atoms with Crippen molar-refractivity contribution in [1.82, 2.24) is 10.2 Å². The Labute approximate surface area is 203 Å². The number of hydrogen-bond acceptors (Lipinski definition) is 6. The van der Waals surface area contributed by atoms with Crippen LogP contribution in [-0.4, -0.2) is 68.8 Å². The summed E-state index contributed by atoms with van der Waals surface area (Å²) >= 11 is 0. The Bertz CT molecular complexity index is 1110. The van der Waals surface area contributed by atoms with Crippen LogP contribution in [0.5, 0.6) is 11.5 Å². The largest absolute Gasteiger partial charge is 0.495 e. The molecule has 2 aromatic carbocycles. The van der Waals surface area contributed by atoms with E-state index in [4.69, 9.17) is 14.2 Å². The average Bonchev–Trinajstić information content (AvgIpc) is 2.86.